The summed E-state index contributed by atoms with van der Waals surface area (Å²) >= 11 is 0. The molecule has 2 aromatic carbocycles. The second-order valence-electron chi connectivity index (χ2n) is 6.98. The molecule has 27 heavy (non-hydrogen) atoms. The molecule has 4 nitrogen and oxygen atoms in total. The van der Waals surface area contributed by atoms with Gasteiger partial charge in [-0.05, 0) is 41.8 Å². The van der Waals surface area contributed by atoms with Gasteiger partial charge in [0.1, 0.15) is 0 Å². The molecule has 4 heteroatoms. The summed E-state index contributed by atoms with van der Waals surface area (Å²) in [5, 5.41) is 9.27. The summed E-state index contributed by atoms with van der Waals surface area (Å²) in [4.78, 5) is 14.3. The van der Waals surface area contributed by atoms with Crippen LogP contribution in [0.3, 0.4) is 0 Å². The first kappa shape index (κ1) is 19.2. The number of esters is 1. The Bertz CT molecular complexity index is 768. The van der Waals surface area contributed by atoms with E-state index in [1.54, 1.807) is 0 Å². The zero-order chi connectivity index (χ0) is 19.1. The van der Waals surface area contributed by atoms with Gasteiger partial charge in [0.2, 0.25) is 0 Å². The normalized spacial score (nSPS) is 16.7. The Morgan fingerprint density at radius 3 is 2.52 bits per heavy atom. The standard InChI is InChI=1S/C23H27NO3/c1-2-27-23(26)13-20-12-22(21-10-8-19(17-25)9-11-21)16-24(15-20)14-18-6-4-3-5-7-18/h3-11,15,22,25H,2,12-14,16-17H2,1H3. The maximum absolute atomic E-state index is 12.0. The molecule has 3 rings (SSSR count). The summed E-state index contributed by atoms with van der Waals surface area (Å²) in [5.41, 5.74) is 4.50. The van der Waals surface area contributed by atoms with E-state index < -0.39 is 0 Å². The monoisotopic (exact) mass is 365 g/mol. The van der Waals surface area contributed by atoms with E-state index in [1.165, 1.54) is 11.1 Å². The van der Waals surface area contributed by atoms with Gasteiger partial charge in [-0.25, -0.2) is 0 Å². The average Bonchev–Trinajstić information content (AvgIpc) is 2.69. The zero-order valence-corrected chi connectivity index (χ0v) is 15.8. The maximum atomic E-state index is 12.0. The van der Waals surface area contributed by atoms with Crippen molar-refractivity contribution in [1.82, 2.24) is 4.90 Å². The number of hydrogen-bond acceptors (Lipinski definition) is 4. The molecule has 1 N–H and O–H groups in total. The largest absolute Gasteiger partial charge is 0.466 e. The number of ether oxygens (including phenoxy) is 1. The fourth-order valence-corrected chi connectivity index (χ4v) is 3.59. The second kappa shape index (κ2) is 9.38. The second-order valence-corrected chi connectivity index (χ2v) is 6.98. The summed E-state index contributed by atoms with van der Waals surface area (Å²) in [5.74, 6) is 0.149. The van der Waals surface area contributed by atoms with Gasteiger partial charge in [-0.15, -0.1) is 0 Å². The van der Waals surface area contributed by atoms with E-state index in [9.17, 15) is 9.90 Å². The van der Waals surface area contributed by atoms with Gasteiger partial charge in [0.25, 0.3) is 0 Å². The van der Waals surface area contributed by atoms with Crippen molar-refractivity contribution < 1.29 is 14.6 Å². The zero-order valence-electron chi connectivity index (χ0n) is 15.8. The Labute approximate surface area is 161 Å². The van der Waals surface area contributed by atoms with E-state index in [0.29, 0.717) is 18.9 Å². The summed E-state index contributed by atoms with van der Waals surface area (Å²) in [6, 6.07) is 18.5. The van der Waals surface area contributed by atoms with Crippen molar-refractivity contribution in [3.63, 3.8) is 0 Å². The minimum atomic E-state index is -0.167. The molecule has 0 spiro atoms. The van der Waals surface area contributed by atoms with Crippen LogP contribution in [0.2, 0.25) is 0 Å². The smallest absolute Gasteiger partial charge is 0.309 e. The van der Waals surface area contributed by atoms with Crippen LogP contribution in [0.4, 0.5) is 0 Å². The van der Waals surface area contributed by atoms with Crippen LogP contribution in [0.5, 0.6) is 0 Å². The van der Waals surface area contributed by atoms with Gasteiger partial charge in [-0.1, -0.05) is 54.6 Å². The molecular weight excluding hydrogens is 338 g/mol. The highest BCUT2D eigenvalue weighted by atomic mass is 16.5. The Morgan fingerprint density at radius 2 is 1.85 bits per heavy atom. The molecule has 1 heterocycles. The molecule has 0 saturated heterocycles. The van der Waals surface area contributed by atoms with Gasteiger partial charge in [-0.2, -0.15) is 0 Å². The number of rotatable bonds is 7. The van der Waals surface area contributed by atoms with Crippen LogP contribution in [0.25, 0.3) is 0 Å². The Kier molecular flexibility index (Phi) is 6.66. The van der Waals surface area contributed by atoms with Gasteiger partial charge < -0.3 is 14.7 Å². The third-order valence-electron chi connectivity index (χ3n) is 4.87. The average molecular weight is 365 g/mol. The summed E-state index contributed by atoms with van der Waals surface area (Å²) in [6.45, 7) is 4.02. The van der Waals surface area contributed by atoms with Crippen LogP contribution in [-0.2, 0) is 22.7 Å². The first-order valence-electron chi connectivity index (χ1n) is 9.50. The first-order chi connectivity index (χ1) is 13.2. The third kappa shape index (κ3) is 5.44. The quantitative estimate of drug-likeness (QED) is 0.754. The predicted molar refractivity (Wildman–Crippen MR) is 106 cm³/mol. The highest BCUT2D eigenvalue weighted by molar-refractivity contribution is 5.72. The van der Waals surface area contributed by atoms with Crippen LogP contribution >= 0.6 is 0 Å². The highest BCUT2D eigenvalue weighted by Gasteiger charge is 2.23. The molecule has 0 amide bonds. The molecule has 0 saturated carbocycles. The van der Waals surface area contributed by atoms with Crippen molar-refractivity contribution in [3.05, 3.63) is 83.1 Å². The Balaban J connectivity index is 1.78. The molecule has 142 valence electrons. The minimum absolute atomic E-state index is 0.0547. The lowest BCUT2D eigenvalue weighted by Crippen LogP contribution is -2.29. The van der Waals surface area contributed by atoms with Crippen molar-refractivity contribution in [1.29, 1.82) is 0 Å². The lowest BCUT2D eigenvalue weighted by Gasteiger charge is -2.33. The van der Waals surface area contributed by atoms with Crippen molar-refractivity contribution in [2.75, 3.05) is 13.2 Å². The Hall–Kier alpha value is -2.59. The number of carbonyl (C=O) groups is 1. The fourth-order valence-electron chi connectivity index (χ4n) is 3.59. The fraction of sp³-hybridized carbons (Fsp3) is 0.348. The van der Waals surface area contributed by atoms with E-state index in [1.807, 2.05) is 37.3 Å². The molecule has 0 radical (unpaired) electrons. The predicted octanol–water partition coefficient (Wildman–Crippen LogP) is 4.01. The summed E-state index contributed by atoms with van der Waals surface area (Å²) < 4.78 is 5.14. The van der Waals surface area contributed by atoms with Crippen molar-refractivity contribution in [2.24, 2.45) is 0 Å². The number of aliphatic hydroxyl groups is 1. The summed E-state index contributed by atoms with van der Waals surface area (Å²) in [7, 11) is 0. The molecule has 1 aliphatic heterocycles. The Morgan fingerprint density at radius 1 is 1.11 bits per heavy atom. The van der Waals surface area contributed by atoms with Crippen LogP contribution < -0.4 is 0 Å². The molecular formula is C23H27NO3. The highest BCUT2D eigenvalue weighted by Crippen LogP contribution is 2.32. The van der Waals surface area contributed by atoms with Gasteiger partial charge in [0, 0.05) is 19.0 Å². The van der Waals surface area contributed by atoms with E-state index in [4.69, 9.17) is 4.74 Å². The first-order valence-corrected chi connectivity index (χ1v) is 9.50. The molecule has 1 unspecified atom stereocenters. The van der Waals surface area contributed by atoms with Crippen LogP contribution in [0, 0.1) is 0 Å². The van der Waals surface area contributed by atoms with E-state index in [-0.39, 0.29) is 12.6 Å². The number of hydrogen-bond donors (Lipinski definition) is 1. The number of aliphatic hydroxyl groups excluding tert-OH is 1. The summed E-state index contributed by atoms with van der Waals surface area (Å²) in [6.07, 6.45) is 3.31. The minimum Gasteiger partial charge on any atom is -0.466 e. The molecule has 0 aliphatic carbocycles. The molecule has 0 aromatic heterocycles. The molecule has 0 bridgehead atoms. The van der Waals surface area contributed by atoms with Crippen LogP contribution in [0.1, 0.15) is 42.4 Å². The van der Waals surface area contributed by atoms with Gasteiger partial charge in [0.05, 0.1) is 19.6 Å². The van der Waals surface area contributed by atoms with Crippen LogP contribution in [0.15, 0.2) is 66.4 Å². The molecule has 1 aliphatic rings. The van der Waals surface area contributed by atoms with Crippen molar-refractivity contribution >= 4 is 5.97 Å². The van der Waals surface area contributed by atoms with Crippen molar-refractivity contribution in [2.45, 2.75) is 38.8 Å². The number of benzene rings is 2. The number of nitrogens with zero attached hydrogens (tertiary/aromatic N) is 1. The third-order valence-corrected chi connectivity index (χ3v) is 4.87. The van der Waals surface area contributed by atoms with Gasteiger partial charge in [-0.3, -0.25) is 4.79 Å². The SMILES string of the molecule is CCOC(=O)CC1=CN(Cc2ccccc2)CC(c2ccc(CO)cc2)C1. The van der Waals surface area contributed by atoms with Gasteiger partial charge >= 0.3 is 5.97 Å². The molecule has 1 atom stereocenters. The maximum Gasteiger partial charge on any atom is 0.309 e. The lowest BCUT2D eigenvalue weighted by atomic mass is 9.87. The molecule has 2 aromatic rings. The van der Waals surface area contributed by atoms with Crippen LogP contribution in [-0.4, -0.2) is 29.1 Å². The molecule has 0 fully saturated rings. The van der Waals surface area contributed by atoms with Crippen molar-refractivity contribution in [3.8, 4) is 0 Å². The van der Waals surface area contributed by atoms with E-state index in [2.05, 4.69) is 35.4 Å². The van der Waals surface area contributed by atoms with E-state index >= 15 is 0 Å². The number of carbonyl (C=O) groups excluding carboxylic acids is 1. The van der Waals surface area contributed by atoms with Gasteiger partial charge in [0.15, 0.2) is 0 Å². The lowest BCUT2D eigenvalue weighted by molar-refractivity contribution is -0.142. The van der Waals surface area contributed by atoms with E-state index in [0.717, 1.165) is 30.6 Å². The topological polar surface area (TPSA) is 49.8 Å².